The Hall–Kier alpha value is -3.92. The number of rotatable bonds is 2. The molecule has 3 heteroatoms. The second kappa shape index (κ2) is 8.04. The minimum atomic E-state index is 1.14. The molecule has 0 bridgehead atoms. The SMILES string of the molecule is Brc1ccc(-n2c3ccccc3c3c(-c4ccccc4)c4ccccc4cc32)c2c1sc1ccccc12. The Labute approximate surface area is 226 Å². The first-order valence-electron chi connectivity index (χ1n) is 12.4. The Bertz CT molecular complexity index is 2150. The molecule has 0 N–H and O–H groups in total. The van der Waals surface area contributed by atoms with Gasteiger partial charge in [-0.2, -0.15) is 0 Å². The van der Waals surface area contributed by atoms with Crippen LogP contribution in [-0.2, 0) is 0 Å². The molecule has 174 valence electrons. The van der Waals surface area contributed by atoms with Gasteiger partial charge in [0.25, 0.3) is 0 Å². The van der Waals surface area contributed by atoms with Crippen LogP contribution in [0.4, 0.5) is 0 Å². The molecule has 6 aromatic carbocycles. The number of benzene rings is 6. The lowest BCUT2D eigenvalue weighted by molar-refractivity contribution is 1.20. The summed E-state index contributed by atoms with van der Waals surface area (Å²) in [5.74, 6) is 0. The molecule has 0 aliphatic heterocycles. The summed E-state index contributed by atoms with van der Waals surface area (Å²) in [5, 5.41) is 7.71. The average Bonchev–Trinajstić information content (AvgIpc) is 3.50. The van der Waals surface area contributed by atoms with Gasteiger partial charge < -0.3 is 4.57 Å². The molecule has 0 saturated heterocycles. The maximum absolute atomic E-state index is 3.85. The number of para-hydroxylation sites is 1. The van der Waals surface area contributed by atoms with Gasteiger partial charge in [0, 0.05) is 30.7 Å². The summed E-state index contributed by atoms with van der Waals surface area (Å²) >= 11 is 5.70. The third-order valence-electron chi connectivity index (χ3n) is 7.44. The van der Waals surface area contributed by atoms with E-state index in [0.717, 1.165) is 4.47 Å². The van der Waals surface area contributed by atoms with E-state index in [1.807, 2.05) is 11.3 Å². The van der Waals surface area contributed by atoms with Crippen molar-refractivity contribution in [3.63, 3.8) is 0 Å². The van der Waals surface area contributed by atoms with Crippen molar-refractivity contribution in [1.29, 1.82) is 0 Å². The number of hydrogen-bond donors (Lipinski definition) is 0. The quantitative estimate of drug-likeness (QED) is 0.200. The predicted octanol–water partition coefficient (Wildman–Crippen LogP) is 10.7. The zero-order valence-electron chi connectivity index (χ0n) is 19.8. The molecule has 1 nitrogen and oxygen atoms in total. The highest BCUT2D eigenvalue weighted by Crippen LogP contribution is 2.46. The first kappa shape index (κ1) is 21.2. The summed E-state index contributed by atoms with van der Waals surface area (Å²) < 4.78 is 6.22. The normalized spacial score (nSPS) is 11.9. The van der Waals surface area contributed by atoms with Crippen molar-refractivity contribution in [2.45, 2.75) is 0 Å². The molecule has 0 aliphatic carbocycles. The van der Waals surface area contributed by atoms with Gasteiger partial charge in [0.1, 0.15) is 0 Å². The number of fused-ring (bicyclic) bond motifs is 7. The van der Waals surface area contributed by atoms with E-state index in [9.17, 15) is 0 Å². The lowest BCUT2D eigenvalue weighted by atomic mass is 9.93. The molecule has 0 atom stereocenters. The summed E-state index contributed by atoms with van der Waals surface area (Å²) in [6.07, 6.45) is 0. The Kier molecular flexibility index (Phi) is 4.61. The molecule has 0 unspecified atom stereocenters. The van der Waals surface area contributed by atoms with Crippen molar-refractivity contribution < 1.29 is 0 Å². The predicted molar refractivity (Wildman–Crippen MR) is 164 cm³/mol. The minimum Gasteiger partial charge on any atom is -0.309 e. The summed E-state index contributed by atoms with van der Waals surface area (Å²) in [6, 6.07) is 44.1. The summed E-state index contributed by atoms with van der Waals surface area (Å²) in [5.41, 5.74) is 6.22. The third-order valence-corrected chi connectivity index (χ3v) is 9.57. The molecular formula is C34H20BrNS. The number of nitrogens with zero attached hydrogens (tertiary/aromatic N) is 1. The average molecular weight is 555 g/mol. The van der Waals surface area contributed by atoms with E-state index < -0.39 is 0 Å². The summed E-state index contributed by atoms with van der Waals surface area (Å²) in [6.45, 7) is 0. The molecule has 2 heterocycles. The molecule has 0 amide bonds. The van der Waals surface area contributed by atoms with Crippen molar-refractivity contribution in [3.8, 4) is 16.8 Å². The van der Waals surface area contributed by atoms with Crippen molar-refractivity contribution in [1.82, 2.24) is 4.57 Å². The van der Waals surface area contributed by atoms with Gasteiger partial charge in [0.2, 0.25) is 0 Å². The Balaban J connectivity index is 1.64. The Morgan fingerprint density at radius 3 is 2.14 bits per heavy atom. The first-order chi connectivity index (χ1) is 18.3. The van der Waals surface area contributed by atoms with Crippen LogP contribution in [0.5, 0.6) is 0 Å². The van der Waals surface area contributed by atoms with Crippen molar-refractivity contribution >= 4 is 80.0 Å². The molecular weight excluding hydrogens is 534 g/mol. The van der Waals surface area contributed by atoms with Crippen LogP contribution in [0.15, 0.2) is 126 Å². The third kappa shape index (κ3) is 3.02. The fourth-order valence-corrected chi connectivity index (χ4v) is 7.62. The standard InChI is InChI=1S/C34H20BrNS/c35-26-18-19-28(33-25-15-7-9-17-30(25)37-34(26)33)36-27-16-8-6-14-24(27)32-29(36)20-22-12-4-5-13-23(22)31(32)21-10-2-1-3-11-21/h1-20H. The highest BCUT2D eigenvalue weighted by Gasteiger charge is 2.21. The zero-order chi connectivity index (χ0) is 24.5. The largest absolute Gasteiger partial charge is 0.309 e. The van der Waals surface area contributed by atoms with Crippen LogP contribution in [0.3, 0.4) is 0 Å². The molecule has 8 aromatic rings. The second-order valence-corrected chi connectivity index (χ2v) is 11.4. The van der Waals surface area contributed by atoms with Gasteiger partial charge in [-0.1, -0.05) is 91.0 Å². The maximum Gasteiger partial charge on any atom is 0.0556 e. The molecule has 2 aromatic heterocycles. The van der Waals surface area contributed by atoms with Crippen LogP contribution >= 0.6 is 27.3 Å². The van der Waals surface area contributed by atoms with Crippen LogP contribution in [-0.4, -0.2) is 4.57 Å². The second-order valence-electron chi connectivity index (χ2n) is 9.45. The molecule has 8 rings (SSSR count). The van der Waals surface area contributed by atoms with Gasteiger partial charge in [-0.05, 0) is 68.2 Å². The molecule has 0 spiro atoms. The molecule has 37 heavy (non-hydrogen) atoms. The van der Waals surface area contributed by atoms with Crippen LogP contribution in [0.1, 0.15) is 0 Å². The van der Waals surface area contributed by atoms with Crippen molar-refractivity contribution in [3.05, 3.63) is 126 Å². The van der Waals surface area contributed by atoms with Gasteiger partial charge in [0.05, 0.1) is 21.4 Å². The zero-order valence-corrected chi connectivity index (χ0v) is 22.2. The highest BCUT2D eigenvalue weighted by atomic mass is 79.9. The van der Waals surface area contributed by atoms with Crippen LogP contribution in [0.2, 0.25) is 0 Å². The number of aromatic nitrogens is 1. The molecule has 0 aliphatic rings. The Morgan fingerprint density at radius 2 is 1.27 bits per heavy atom. The fraction of sp³-hybridized carbons (Fsp3) is 0. The lowest BCUT2D eigenvalue weighted by Gasteiger charge is -2.13. The summed E-state index contributed by atoms with van der Waals surface area (Å²) in [7, 11) is 0. The van der Waals surface area contributed by atoms with E-state index in [-0.39, 0.29) is 0 Å². The van der Waals surface area contributed by atoms with E-state index in [2.05, 4.69) is 142 Å². The van der Waals surface area contributed by atoms with E-state index in [4.69, 9.17) is 0 Å². The van der Waals surface area contributed by atoms with E-state index in [1.54, 1.807) is 0 Å². The minimum absolute atomic E-state index is 1.14. The van der Waals surface area contributed by atoms with E-state index in [1.165, 1.54) is 69.6 Å². The molecule has 0 fully saturated rings. The van der Waals surface area contributed by atoms with E-state index in [0.29, 0.717) is 0 Å². The molecule has 0 saturated carbocycles. The smallest absolute Gasteiger partial charge is 0.0556 e. The monoisotopic (exact) mass is 553 g/mol. The Morgan fingerprint density at radius 1 is 0.568 bits per heavy atom. The molecule has 0 radical (unpaired) electrons. The van der Waals surface area contributed by atoms with Gasteiger partial charge in [-0.15, -0.1) is 11.3 Å². The van der Waals surface area contributed by atoms with Crippen molar-refractivity contribution in [2.75, 3.05) is 0 Å². The van der Waals surface area contributed by atoms with Gasteiger partial charge in [-0.25, -0.2) is 0 Å². The fourth-order valence-electron chi connectivity index (χ4n) is 5.92. The number of halogens is 1. The van der Waals surface area contributed by atoms with Gasteiger partial charge in [0.15, 0.2) is 0 Å². The van der Waals surface area contributed by atoms with Gasteiger partial charge >= 0.3 is 0 Å². The van der Waals surface area contributed by atoms with E-state index >= 15 is 0 Å². The van der Waals surface area contributed by atoms with Crippen LogP contribution in [0.25, 0.3) is 69.6 Å². The lowest BCUT2D eigenvalue weighted by Crippen LogP contribution is -1.95. The summed E-state index contributed by atoms with van der Waals surface area (Å²) in [4.78, 5) is 0. The first-order valence-corrected chi connectivity index (χ1v) is 14.0. The number of hydrogen-bond acceptors (Lipinski definition) is 1. The topological polar surface area (TPSA) is 4.93 Å². The van der Waals surface area contributed by atoms with Crippen molar-refractivity contribution in [2.24, 2.45) is 0 Å². The maximum atomic E-state index is 3.85. The van der Waals surface area contributed by atoms with Crippen LogP contribution < -0.4 is 0 Å². The van der Waals surface area contributed by atoms with Crippen LogP contribution in [0, 0.1) is 0 Å². The number of thiophene rings is 1. The highest BCUT2D eigenvalue weighted by molar-refractivity contribution is 9.10. The van der Waals surface area contributed by atoms with Gasteiger partial charge in [-0.3, -0.25) is 0 Å².